The Morgan fingerprint density at radius 2 is 1.27 bits per heavy atom. The Kier molecular flexibility index (Phi) is 16.2. The third-order valence-corrected chi connectivity index (χ3v) is 17.8. The summed E-state index contributed by atoms with van der Waals surface area (Å²) in [7, 11) is -6.72. The first kappa shape index (κ1) is 57.6. The summed E-state index contributed by atoms with van der Waals surface area (Å²) in [5, 5.41) is -3.12. The first-order valence-electron chi connectivity index (χ1n) is 24.8. The maximum absolute atomic E-state index is 13.8. The number of carbonyl (C=O) groups is 6. The van der Waals surface area contributed by atoms with E-state index in [2.05, 4.69) is 108 Å². The van der Waals surface area contributed by atoms with E-state index in [1.165, 1.54) is 38.9 Å². The Morgan fingerprint density at radius 3 is 1.78 bits per heavy atom. The van der Waals surface area contributed by atoms with Gasteiger partial charge in [-0.25, -0.2) is 27.6 Å². The van der Waals surface area contributed by atoms with Gasteiger partial charge in [-0.2, -0.15) is 22.0 Å². The molecule has 9 unspecified atom stereocenters. The number of cyclic esters (lactones) is 1. The number of rotatable bonds is 11. The molecule has 0 N–H and O–H groups in total. The van der Waals surface area contributed by atoms with Crippen LogP contribution in [0.2, 0.25) is 0 Å². The third kappa shape index (κ3) is 11.6. The number of esters is 6. The van der Waals surface area contributed by atoms with Crippen LogP contribution in [0.1, 0.15) is 72.1 Å². The molecule has 0 spiro atoms. The number of hydrogen-bond acceptors (Lipinski definition) is 16. The Bertz CT molecular complexity index is 3120. The zero-order chi connectivity index (χ0) is 56.9. The lowest BCUT2D eigenvalue weighted by molar-refractivity contribution is -0.269. The van der Waals surface area contributed by atoms with Gasteiger partial charge in [0.1, 0.15) is 11.7 Å². The lowest BCUT2D eigenvalue weighted by Crippen LogP contribution is -2.61. The van der Waals surface area contributed by atoms with E-state index in [1.807, 2.05) is 0 Å². The quantitative estimate of drug-likeness (QED) is 0.0340. The molecule has 6 bridgehead atoms. The fraction of sp³-hybridized carbons (Fsp3) is 0.455. The predicted molar refractivity (Wildman–Crippen MR) is 268 cm³/mol. The lowest BCUT2D eigenvalue weighted by atomic mass is 9.48. The van der Waals surface area contributed by atoms with E-state index in [1.54, 1.807) is 6.92 Å². The molecule has 418 valence electrons. The second-order valence-electron chi connectivity index (χ2n) is 20.7. The van der Waals surface area contributed by atoms with Crippen LogP contribution in [-0.2, 0) is 72.0 Å². The largest absolute Gasteiger partial charge is 0.743 e. The molecule has 9 atom stereocenters. The highest BCUT2D eigenvalue weighted by Gasteiger charge is 2.68. The summed E-state index contributed by atoms with van der Waals surface area (Å²) in [6.07, 6.45) is -10.3. The highest BCUT2D eigenvalue weighted by atomic mass is 32.2. The summed E-state index contributed by atoms with van der Waals surface area (Å²) >= 11 is 0. The molecule has 4 aliphatic heterocycles. The van der Waals surface area contributed by atoms with Gasteiger partial charge in [0.25, 0.3) is 6.10 Å². The number of hydrogen-bond donors (Lipinski definition) is 0. The Labute approximate surface area is 447 Å². The molecule has 4 aliphatic carbocycles. The van der Waals surface area contributed by atoms with Gasteiger partial charge in [0.2, 0.25) is 6.10 Å². The van der Waals surface area contributed by atoms with Gasteiger partial charge in [-0.15, -0.1) is 0 Å². The van der Waals surface area contributed by atoms with Crippen LogP contribution in [-0.4, -0.2) is 109 Å². The number of carbonyl (C=O) groups excluding carboxylic acids is 6. The molecule has 12 rings (SSSR count). The maximum Gasteiger partial charge on any atom is 0.432 e. The van der Waals surface area contributed by atoms with E-state index in [0.29, 0.717) is 44.3 Å². The summed E-state index contributed by atoms with van der Waals surface area (Å²) in [5.74, 6) is -4.73. The topological polar surface area (TPSA) is 224 Å². The second kappa shape index (κ2) is 21.9. The van der Waals surface area contributed by atoms with Crippen LogP contribution in [0.25, 0.3) is 25.1 Å². The molecule has 4 aromatic rings. The van der Waals surface area contributed by atoms with Crippen molar-refractivity contribution >= 4 is 76.6 Å². The van der Waals surface area contributed by atoms with Crippen LogP contribution in [0.15, 0.2) is 115 Å². The van der Waals surface area contributed by atoms with Gasteiger partial charge in [-0.05, 0) is 108 Å². The maximum atomic E-state index is 13.8. The molecule has 0 radical (unpaired) electrons. The van der Waals surface area contributed by atoms with Crippen LogP contribution in [0, 0.1) is 23.2 Å². The Morgan fingerprint density at radius 1 is 0.731 bits per heavy atom. The molecular weight excluding hydrogens is 1080 g/mol. The van der Waals surface area contributed by atoms with Crippen molar-refractivity contribution in [3.63, 3.8) is 0 Å². The lowest BCUT2D eigenvalue weighted by Gasteiger charge is -2.59. The molecule has 5 heterocycles. The van der Waals surface area contributed by atoms with Crippen molar-refractivity contribution in [3.8, 4) is 4.90 Å². The molecule has 78 heavy (non-hydrogen) atoms. The fourth-order valence-electron chi connectivity index (χ4n) is 11.6. The van der Waals surface area contributed by atoms with Crippen molar-refractivity contribution in [3.05, 3.63) is 115 Å². The predicted octanol–water partition coefficient (Wildman–Crippen LogP) is 9.40. The molecule has 4 saturated heterocycles. The van der Waals surface area contributed by atoms with Crippen LogP contribution in [0.4, 0.5) is 22.0 Å². The zero-order valence-electron chi connectivity index (χ0n) is 42.4. The molecule has 0 amide bonds. The molecule has 1 aromatic heterocycles. The van der Waals surface area contributed by atoms with Gasteiger partial charge < -0.3 is 37.7 Å². The van der Waals surface area contributed by atoms with Gasteiger partial charge in [0, 0.05) is 50.8 Å². The van der Waals surface area contributed by atoms with E-state index in [9.17, 15) is 63.7 Å². The number of alkyl halides is 5. The smallest absolute Gasteiger partial charge is 0.432 e. The van der Waals surface area contributed by atoms with Gasteiger partial charge >= 0.3 is 47.2 Å². The van der Waals surface area contributed by atoms with E-state index >= 15 is 0 Å². The Balaban J connectivity index is 0.000000146. The number of ether oxygens (including phenoxy) is 7. The van der Waals surface area contributed by atoms with Crippen molar-refractivity contribution < 1.29 is 96.8 Å². The average Bonchev–Trinajstić information content (AvgIpc) is 4.28. The summed E-state index contributed by atoms with van der Waals surface area (Å²) in [6.45, 7) is 15.2. The van der Waals surface area contributed by atoms with Gasteiger partial charge in [0.05, 0.1) is 24.0 Å². The SMILES string of the molecule is C=C(C)C(=O)OC12CC3CC(C1)CC(C(=O)OC(C(F)(F)F)C(F)(F)S(=O)(=O)[O-])(C3)C2.C=C(C)C(=O)OC1C2CC3C(=O)OC1C3O2.C=C(C)C(=O)OC1CCOC1=O.c1ccc(-[s+]2c3ccccc3c3ccccc32)cc1. The summed E-state index contributed by atoms with van der Waals surface area (Å²) < 4.78 is 137. The minimum absolute atomic E-state index is 0.0228. The summed E-state index contributed by atoms with van der Waals surface area (Å²) in [4.78, 5) is 70.8. The van der Waals surface area contributed by atoms with Crippen LogP contribution < -0.4 is 0 Å². The molecule has 8 aliphatic rings. The fourth-order valence-corrected chi connectivity index (χ4v) is 14.4. The van der Waals surface area contributed by atoms with Crippen LogP contribution >= 0.6 is 10.5 Å². The molecular formula is C55H55F5O16S2. The van der Waals surface area contributed by atoms with Gasteiger partial charge in [0.15, 0.2) is 36.6 Å². The van der Waals surface area contributed by atoms with E-state index in [4.69, 9.17) is 23.7 Å². The van der Waals surface area contributed by atoms with Gasteiger partial charge in [-0.3, -0.25) is 9.59 Å². The summed E-state index contributed by atoms with van der Waals surface area (Å²) in [6, 6.07) is 28.4. The van der Waals surface area contributed by atoms with Crippen molar-refractivity contribution in [2.24, 2.45) is 23.2 Å². The normalized spacial score (nSPS) is 28.3. The van der Waals surface area contributed by atoms with E-state index in [-0.39, 0.29) is 76.8 Å². The molecule has 23 heteroatoms. The van der Waals surface area contributed by atoms with Crippen LogP contribution in [0.5, 0.6) is 0 Å². The molecule has 16 nitrogen and oxygen atoms in total. The third-order valence-electron chi connectivity index (χ3n) is 14.6. The van der Waals surface area contributed by atoms with Crippen molar-refractivity contribution in [2.75, 3.05) is 6.61 Å². The first-order valence-corrected chi connectivity index (χ1v) is 27.4. The molecule has 8 fully saturated rings. The highest BCUT2D eigenvalue weighted by molar-refractivity contribution is 7.86. The van der Waals surface area contributed by atoms with Crippen molar-refractivity contribution in [1.29, 1.82) is 0 Å². The standard InChI is InChI=1S/C18H21F5O7S.C18H13S.C11H12O5.C8H10O4/c1-9(2)12(24)30-16-6-10-3-11(7-16)5-15(4-10,8-16)14(25)29-13(17(19,20)21)18(22,23)31(26,27)28;1-2-8-14(9-3-1)19-17-12-6-4-10-15(17)16-11-5-7-13-18(16)19;1-4(2)10(12)15-8-6-3-5-7(14-6)9(8)16-11(5)13;1-5(2)7(9)12-6-3-4-11-8(6)10/h10-11,13H,1,3-8H2,2H3,(H,26,27,28);1-13H;5-9H,1,3H2,2H3;6H,1,3-4H2,2H3/q;+1;;/p-1. The Hall–Kier alpha value is -6.56. The highest BCUT2D eigenvalue weighted by Crippen LogP contribution is 2.64. The number of fused-ring (bicyclic) bond motifs is 4. The monoisotopic (exact) mass is 1130 g/mol. The zero-order valence-corrected chi connectivity index (χ0v) is 44.1. The number of halogens is 5. The van der Waals surface area contributed by atoms with E-state index in [0.717, 1.165) is 0 Å². The second-order valence-corrected chi connectivity index (χ2v) is 24.1. The number of thiophene rings is 1. The van der Waals surface area contributed by atoms with Crippen LogP contribution in [0.3, 0.4) is 0 Å². The molecule has 3 aromatic carbocycles. The van der Waals surface area contributed by atoms with Crippen molar-refractivity contribution in [2.45, 2.75) is 126 Å². The van der Waals surface area contributed by atoms with Crippen molar-refractivity contribution in [1.82, 2.24) is 0 Å². The minimum atomic E-state index is -6.78. The van der Waals surface area contributed by atoms with E-state index < -0.39 is 86.8 Å². The average molecular weight is 1130 g/mol. The first-order chi connectivity index (χ1) is 36.5. The number of benzene rings is 3. The summed E-state index contributed by atoms with van der Waals surface area (Å²) in [5.41, 5.74) is -2.14. The molecule has 4 saturated carbocycles. The minimum Gasteiger partial charge on any atom is -0.743 e. The van der Waals surface area contributed by atoms with Gasteiger partial charge in [-0.1, -0.05) is 62.2 Å².